The lowest BCUT2D eigenvalue weighted by atomic mass is 10.3. The average Bonchev–Trinajstić information content (AvgIpc) is 2.79. The third-order valence-corrected chi connectivity index (χ3v) is 3.10. The van der Waals surface area contributed by atoms with Crippen LogP contribution in [0.25, 0.3) is 10.2 Å². The molecular formula is C13H11NS2. The number of aromatic nitrogens is 1. The van der Waals surface area contributed by atoms with Crippen LogP contribution in [0.2, 0.25) is 0 Å². The normalized spacial score (nSPS) is 9.56. The summed E-state index contributed by atoms with van der Waals surface area (Å²) in [4.78, 5) is 5.15. The standard InChI is InChI=1S/C7H5NS.C6H6S/c1-2-4-7-6(3-1)8-5-9-7;7-6-4-2-1-3-5-6/h1-5H;1-5,7H. The molecule has 3 rings (SSSR count). The lowest BCUT2D eigenvalue weighted by Gasteiger charge is -1.81. The van der Waals surface area contributed by atoms with Crippen LogP contribution < -0.4 is 0 Å². The molecule has 0 fully saturated rings. The van der Waals surface area contributed by atoms with E-state index < -0.39 is 0 Å². The summed E-state index contributed by atoms with van der Waals surface area (Å²) >= 11 is 5.76. The number of thiazole rings is 1. The summed E-state index contributed by atoms with van der Waals surface area (Å²) in [5.74, 6) is 0. The molecule has 3 heteroatoms. The van der Waals surface area contributed by atoms with Crippen LogP contribution in [-0.4, -0.2) is 4.98 Å². The van der Waals surface area contributed by atoms with E-state index in [9.17, 15) is 0 Å². The lowest BCUT2D eigenvalue weighted by molar-refractivity contribution is 1.48. The highest BCUT2D eigenvalue weighted by Gasteiger charge is 1.89. The number of hydrogen-bond acceptors (Lipinski definition) is 3. The van der Waals surface area contributed by atoms with Gasteiger partial charge in [-0.25, -0.2) is 4.98 Å². The van der Waals surface area contributed by atoms with Crippen LogP contribution in [0.4, 0.5) is 0 Å². The van der Waals surface area contributed by atoms with Crippen molar-refractivity contribution in [2.24, 2.45) is 0 Å². The van der Waals surface area contributed by atoms with E-state index in [-0.39, 0.29) is 0 Å². The molecular weight excluding hydrogens is 234 g/mol. The number of rotatable bonds is 0. The van der Waals surface area contributed by atoms with Gasteiger partial charge >= 0.3 is 0 Å². The zero-order chi connectivity index (χ0) is 11.2. The van der Waals surface area contributed by atoms with Gasteiger partial charge in [-0.15, -0.1) is 24.0 Å². The molecule has 1 heterocycles. The van der Waals surface area contributed by atoms with Crippen LogP contribution in [0.1, 0.15) is 0 Å². The van der Waals surface area contributed by atoms with Crippen molar-refractivity contribution in [2.45, 2.75) is 4.90 Å². The van der Waals surface area contributed by atoms with Crippen LogP contribution in [0.15, 0.2) is 65.0 Å². The van der Waals surface area contributed by atoms with Crippen LogP contribution in [0, 0.1) is 0 Å². The average molecular weight is 245 g/mol. The first-order valence-corrected chi connectivity index (χ1v) is 6.21. The molecule has 1 nitrogen and oxygen atoms in total. The summed E-state index contributed by atoms with van der Waals surface area (Å²) in [7, 11) is 0. The Morgan fingerprint density at radius 1 is 0.875 bits per heavy atom. The molecule has 0 saturated heterocycles. The van der Waals surface area contributed by atoms with Crippen molar-refractivity contribution in [3.8, 4) is 0 Å². The van der Waals surface area contributed by atoms with Gasteiger partial charge in [-0.2, -0.15) is 0 Å². The van der Waals surface area contributed by atoms with Gasteiger partial charge in [-0.3, -0.25) is 0 Å². The molecule has 0 bridgehead atoms. The monoisotopic (exact) mass is 245 g/mol. The minimum absolute atomic E-state index is 1.02. The molecule has 1 aromatic heterocycles. The van der Waals surface area contributed by atoms with E-state index in [2.05, 4.69) is 23.7 Å². The highest BCUT2D eigenvalue weighted by atomic mass is 32.1. The SMILES string of the molecule is Sc1ccccc1.c1ccc2scnc2c1. The summed E-state index contributed by atoms with van der Waals surface area (Å²) in [6, 6.07) is 17.9. The molecule has 0 aliphatic rings. The Bertz CT molecular complexity index is 516. The highest BCUT2D eigenvalue weighted by Crippen LogP contribution is 2.15. The van der Waals surface area contributed by atoms with Crippen molar-refractivity contribution < 1.29 is 0 Å². The Hall–Kier alpha value is -1.32. The van der Waals surface area contributed by atoms with E-state index in [1.165, 1.54) is 4.70 Å². The Balaban J connectivity index is 0.000000125. The minimum atomic E-state index is 1.02. The molecule has 0 amide bonds. The van der Waals surface area contributed by atoms with Gasteiger partial charge < -0.3 is 0 Å². The van der Waals surface area contributed by atoms with Crippen molar-refractivity contribution in [1.82, 2.24) is 4.98 Å². The van der Waals surface area contributed by atoms with Gasteiger partial charge in [0.05, 0.1) is 15.7 Å². The second kappa shape index (κ2) is 5.68. The predicted octanol–water partition coefficient (Wildman–Crippen LogP) is 4.27. The minimum Gasteiger partial charge on any atom is -0.245 e. The maximum Gasteiger partial charge on any atom is 0.0812 e. The Labute approximate surface area is 104 Å². The molecule has 0 atom stereocenters. The van der Waals surface area contributed by atoms with Gasteiger partial charge in [0.15, 0.2) is 0 Å². The number of benzene rings is 2. The van der Waals surface area contributed by atoms with Crippen molar-refractivity contribution >= 4 is 34.2 Å². The number of nitrogens with zero attached hydrogens (tertiary/aromatic N) is 1. The number of hydrogen-bond donors (Lipinski definition) is 1. The van der Waals surface area contributed by atoms with Crippen molar-refractivity contribution in [3.05, 3.63) is 60.1 Å². The van der Waals surface area contributed by atoms with Gasteiger partial charge in [0.25, 0.3) is 0 Å². The highest BCUT2D eigenvalue weighted by molar-refractivity contribution is 7.80. The van der Waals surface area contributed by atoms with Gasteiger partial charge in [0.2, 0.25) is 0 Å². The summed E-state index contributed by atoms with van der Waals surface area (Å²) in [5, 5.41) is 0. The number of fused-ring (bicyclic) bond motifs is 1. The van der Waals surface area contributed by atoms with Gasteiger partial charge in [0, 0.05) is 4.90 Å². The lowest BCUT2D eigenvalue weighted by Crippen LogP contribution is -1.61. The van der Waals surface area contributed by atoms with Crippen molar-refractivity contribution in [3.63, 3.8) is 0 Å². The van der Waals surface area contributed by atoms with E-state index >= 15 is 0 Å². The molecule has 2 aromatic carbocycles. The second-order valence-electron chi connectivity index (χ2n) is 3.16. The third-order valence-electron chi connectivity index (χ3n) is 1.99. The Morgan fingerprint density at radius 2 is 1.56 bits per heavy atom. The van der Waals surface area contributed by atoms with E-state index in [4.69, 9.17) is 0 Å². The fourth-order valence-electron chi connectivity index (χ4n) is 1.23. The molecule has 0 N–H and O–H groups in total. The Morgan fingerprint density at radius 3 is 2.19 bits per heavy atom. The maximum absolute atomic E-state index is 4.14. The van der Waals surface area contributed by atoms with Gasteiger partial charge in [-0.05, 0) is 24.3 Å². The van der Waals surface area contributed by atoms with E-state index in [1.807, 2.05) is 54.0 Å². The molecule has 0 radical (unpaired) electrons. The molecule has 0 spiro atoms. The van der Waals surface area contributed by atoms with E-state index in [1.54, 1.807) is 11.3 Å². The third kappa shape index (κ3) is 3.08. The first kappa shape index (κ1) is 11.2. The smallest absolute Gasteiger partial charge is 0.0812 e. The summed E-state index contributed by atoms with van der Waals surface area (Å²) in [6.45, 7) is 0. The molecule has 16 heavy (non-hydrogen) atoms. The fourth-order valence-corrected chi connectivity index (χ4v) is 2.08. The molecule has 0 saturated carbocycles. The topological polar surface area (TPSA) is 12.9 Å². The zero-order valence-electron chi connectivity index (χ0n) is 8.58. The molecule has 0 aliphatic heterocycles. The zero-order valence-corrected chi connectivity index (χ0v) is 10.3. The quantitative estimate of drug-likeness (QED) is 0.584. The molecule has 0 unspecified atom stereocenters. The van der Waals surface area contributed by atoms with Crippen LogP contribution in [0.3, 0.4) is 0 Å². The second-order valence-corrected chi connectivity index (χ2v) is 4.56. The van der Waals surface area contributed by atoms with E-state index in [0.29, 0.717) is 0 Å². The van der Waals surface area contributed by atoms with Crippen LogP contribution in [0.5, 0.6) is 0 Å². The fraction of sp³-hybridized carbons (Fsp3) is 0. The molecule has 3 aromatic rings. The Kier molecular flexibility index (Phi) is 3.97. The van der Waals surface area contributed by atoms with Crippen LogP contribution in [-0.2, 0) is 0 Å². The first-order valence-electron chi connectivity index (χ1n) is 4.88. The predicted molar refractivity (Wildman–Crippen MR) is 73.3 cm³/mol. The molecule has 80 valence electrons. The van der Waals surface area contributed by atoms with Crippen molar-refractivity contribution in [1.29, 1.82) is 0 Å². The summed E-state index contributed by atoms with van der Waals surface area (Å²) in [6.07, 6.45) is 0. The number of thiol groups is 1. The number of para-hydroxylation sites is 1. The summed E-state index contributed by atoms with van der Waals surface area (Å²) < 4.78 is 1.26. The van der Waals surface area contributed by atoms with Crippen molar-refractivity contribution in [2.75, 3.05) is 0 Å². The van der Waals surface area contributed by atoms with Gasteiger partial charge in [-0.1, -0.05) is 30.3 Å². The van der Waals surface area contributed by atoms with Crippen LogP contribution >= 0.6 is 24.0 Å². The maximum atomic E-state index is 4.14. The van der Waals surface area contributed by atoms with E-state index in [0.717, 1.165) is 10.4 Å². The largest absolute Gasteiger partial charge is 0.245 e. The van der Waals surface area contributed by atoms with Gasteiger partial charge in [0.1, 0.15) is 0 Å². The summed E-state index contributed by atoms with van der Waals surface area (Å²) in [5.41, 5.74) is 2.97. The first-order chi connectivity index (χ1) is 7.86. The molecule has 0 aliphatic carbocycles.